The van der Waals surface area contributed by atoms with E-state index < -0.39 is 49.8 Å². The predicted molar refractivity (Wildman–Crippen MR) is 260 cm³/mol. The standard InChI is InChI=1S/C55H80O10/c1-34(2)38-24-35(25-39(47(38)60)50(3,4)5)18-21-44(57)63-31-55(30-56,32-64-45(58)22-19-36-26-40(51(6,7)8)48(61)41(27-36)52(9,10)11)33-65-46(59)23-20-37-28-42(53(12,13)14)49(62)43(29-37)54(15,16)17/h24-29,56,60-62H,1,18-23,30-33H2,2-17H3. The molecule has 10 heteroatoms. The van der Waals surface area contributed by atoms with Crippen LogP contribution >= 0.6 is 0 Å². The minimum Gasteiger partial charge on any atom is -0.507 e. The average Bonchev–Trinajstić information content (AvgIpc) is 3.17. The van der Waals surface area contributed by atoms with E-state index in [0.29, 0.717) is 30.4 Å². The number of phenols is 3. The van der Waals surface area contributed by atoms with Crippen molar-refractivity contribution >= 4 is 23.5 Å². The fourth-order valence-corrected chi connectivity index (χ4v) is 7.62. The summed E-state index contributed by atoms with van der Waals surface area (Å²) in [5, 5.41) is 44.2. The van der Waals surface area contributed by atoms with Crippen LogP contribution in [0.15, 0.2) is 43.0 Å². The van der Waals surface area contributed by atoms with Gasteiger partial charge in [-0.3, -0.25) is 14.4 Å². The van der Waals surface area contributed by atoms with Crippen molar-refractivity contribution in [3.8, 4) is 17.2 Å². The van der Waals surface area contributed by atoms with Crippen LogP contribution in [-0.2, 0) is 74.9 Å². The van der Waals surface area contributed by atoms with Gasteiger partial charge in [-0.2, -0.15) is 0 Å². The van der Waals surface area contributed by atoms with Crippen LogP contribution in [0.3, 0.4) is 0 Å². The first-order valence-electron chi connectivity index (χ1n) is 22.9. The van der Waals surface area contributed by atoms with Gasteiger partial charge in [0.05, 0.1) is 12.0 Å². The van der Waals surface area contributed by atoms with E-state index in [0.717, 1.165) is 44.5 Å². The summed E-state index contributed by atoms with van der Waals surface area (Å²) in [5.41, 5.74) is 4.45. The van der Waals surface area contributed by atoms with E-state index in [1.807, 2.05) is 147 Å². The number of esters is 3. The maximum absolute atomic E-state index is 13.4. The Morgan fingerprint density at radius 2 is 0.708 bits per heavy atom. The van der Waals surface area contributed by atoms with E-state index in [1.165, 1.54) is 0 Å². The van der Waals surface area contributed by atoms with Crippen molar-refractivity contribution in [3.63, 3.8) is 0 Å². The second kappa shape index (κ2) is 20.8. The molecule has 0 amide bonds. The first-order chi connectivity index (χ1) is 29.6. The van der Waals surface area contributed by atoms with E-state index in [4.69, 9.17) is 14.2 Å². The lowest BCUT2D eigenvalue weighted by Crippen LogP contribution is -2.42. The van der Waals surface area contributed by atoms with Crippen LogP contribution in [0.2, 0.25) is 0 Å². The lowest BCUT2D eigenvalue weighted by atomic mass is 9.78. The van der Waals surface area contributed by atoms with Crippen LogP contribution < -0.4 is 0 Å². The molecule has 0 aliphatic rings. The highest BCUT2D eigenvalue weighted by Crippen LogP contribution is 2.42. The number of aromatic hydroxyl groups is 3. The summed E-state index contributed by atoms with van der Waals surface area (Å²) in [6.45, 7) is 34.3. The summed E-state index contributed by atoms with van der Waals surface area (Å²) < 4.78 is 17.3. The summed E-state index contributed by atoms with van der Waals surface area (Å²) in [6.07, 6.45) is 0.920. The average molecular weight is 901 g/mol. The molecule has 3 aromatic carbocycles. The number of rotatable bonds is 17. The second-order valence-corrected chi connectivity index (χ2v) is 23.3. The van der Waals surface area contributed by atoms with Gasteiger partial charge in [-0.25, -0.2) is 0 Å². The topological polar surface area (TPSA) is 160 Å². The van der Waals surface area contributed by atoms with Crippen molar-refractivity contribution in [2.75, 3.05) is 26.4 Å². The SMILES string of the molecule is C=C(C)c1cc(CCC(=O)OCC(CO)(COC(=O)CCc2cc(C(C)(C)C)c(O)c(C(C)(C)C)c2)COC(=O)CCc2cc(C(C)(C)C)c(O)c(C(C)(C)C)c2)cc(C(C)(C)C)c1O. The third-order valence-corrected chi connectivity index (χ3v) is 11.8. The third kappa shape index (κ3) is 15.1. The van der Waals surface area contributed by atoms with E-state index in [1.54, 1.807) is 0 Å². The predicted octanol–water partition coefficient (Wildman–Crippen LogP) is 11.1. The quantitative estimate of drug-likeness (QED) is 0.0758. The van der Waals surface area contributed by atoms with E-state index in [9.17, 15) is 34.8 Å². The third-order valence-electron chi connectivity index (χ3n) is 11.8. The molecule has 0 spiro atoms. The number of carbonyl (C=O) groups excluding carboxylic acids is 3. The molecule has 0 bridgehead atoms. The molecule has 0 aromatic heterocycles. The summed E-state index contributed by atoms with van der Waals surface area (Å²) in [4.78, 5) is 40.2. The Bertz CT molecular complexity index is 2020. The minimum atomic E-state index is -1.47. The number of hydrogen-bond acceptors (Lipinski definition) is 10. The van der Waals surface area contributed by atoms with Crippen molar-refractivity contribution in [3.05, 3.63) is 93.0 Å². The molecule has 4 N–H and O–H groups in total. The first kappa shape index (κ1) is 54.5. The summed E-state index contributed by atoms with van der Waals surface area (Å²) >= 11 is 0. The zero-order chi connectivity index (χ0) is 49.7. The van der Waals surface area contributed by atoms with Gasteiger partial charge in [0.15, 0.2) is 0 Å². The fraction of sp³-hybridized carbons (Fsp3) is 0.582. The number of aryl methyl sites for hydroxylation is 3. The van der Waals surface area contributed by atoms with Gasteiger partial charge < -0.3 is 34.6 Å². The summed E-state index contributed by atoms with van der Waals surface area (Å²) in [6, 6.07) is 11.4. The van der Waals surface area contributed by atoms with Gasteiger partial charge in [0.2, 0.25) is 0 Å². The molecule has 0 heterocycles. The van der Waals surface area contributed by atoms with Gasteiger partial charge in [-0.15, -0.1) is 0 Å². The van der Waals surface area contributed by atoms with Crippen LogP contribution in [0.25, 0.3) is 5.57 Å². The van der Waals surface area contributed by atoms with Crippen molar-refractivity contribution in [2.24, 2.45) is 5.41 Å². The molecule has 0 radical (unpaired) electrons. The Morgan fingerprint density at radius 1 is 0.462 bits per heavy atom. The van der Waals surface area contributed by atoms with Crippen LogP contribution in [0.4, 0.5) is 0 Å². The summed E-state index contributed by atoms with van der Waals surface area (Å²) in [5.74, 6) is -1.04. The van der Waals surface area contributed by atoms with Crippen molar-refractivity contribution in [1.29, 1.82) is 0 Å². The van der Waals surface area contributed by atoms with Gasteiger partial charge in [-0.05, 0) is 104 Å². The van der Waals surface area contributed by atoms with Crippen LogP contribution in [-0.4, -0.2) is 64.8 Å². The number of aliphatic hydroxyl groups excluding tert-OH is 1. The molecule has 0 aliphatic carbocycles. The van der Waals surface area contributed by atoms with Crippen molar-refractivity contribution < 1.29 is 49.0 Å². The maximum Gasteiger partial charge on any atom is 0.306 e. The Labute approximate surface area is 389 Å². The van der Waals surface area contributed by atoms with Crippen molar-refractivity contribution in [1.82, 2.24) is 0 Å². The molecule has 3 rings (SSSR count). The number of hydrogen-bond donors (Lipinski definition) is 4. The van der Waals surface area contributed by atoms with Gasteiger partial charge >= 0.3 is 17.9 Å². The molecule has 0 atom stereocenters. The zero-order valence-corrected chi connectivity index (χ0v) is 42.5. The summed E-state index contributed by atoms with van der Waals surface area (Å²) in [7, 11) is 0. The van der Waals surface area contributed by atoms with Crippen LogP contribution in [0.1, 0.15) is 180 Å². The van der Waals surface area contributed by atoms with Gasteiger partial charge in [0.25, 0.3) is 0 Å². The number of allylic oxidation sites excluding steroid dienone is 1. The van der Waals surface area contributed by atoms with Gasteiger partial charge in [0, 0.05) is 30.4 Å². The Hall–Kier alpha value is -4.83. The van der Waals surface area contributed by atoms with Gasteiger partial charge in [0.1, 0.15) is 37.1 Å². The molecule has 0 fully saturated rings. The maximum atomic E-state index is 13.4. The molecule has 10 nitrogen and oxygen atoms in total. The highest BCUT2D eigenvalue weighted by atomic mass is 16.6. The lowest BCUT2D eigenvalue weighted by Gasteiger charge is -2.30. The van der Waals surface area contributed by atoms with E-state index in [-0.39, 0.29) is 63.6 Å². The smallest absolute Gasteiger partial charge is 0.306 e. The molecule has 3 aromatic rings. The molecule has 0 unspecified atom stereocenters. The van der Waals surface area contributed by atoms with Crippen LogP contribution in [0, 0.1) is 5.41 Å². The molecule has 65 heavy (non-hydrogen) atoms. The van der Waals surface area contributed by atoms with Gasteiger partial charge in [-0.1, -0.05) is 141 Å². The highest BCUT2D eigenvalue weighted by molar-refractivity contribution is 5.73. The largest absolute Gasteiger partial charge is 0.507 e. The molecular weight excluding hydrogens is 821 g/mol. The molecule has 360 valence electrons. The van der Waals surface area contributed by atoms with Crippen LogP contribution in [0.5, 0.6) is 17.2 Å². The Balaban J connectivity index is 1.84. The Morgan fingerprint density at radius 3 is 0.938 bits per heavy atom. The number of carbonyl (C=O) groups is 3. The van der Waals surface area contributed by atoms with E-state index in [2.05, 4.69) is 6.58 Å². The second-order valence-electron chi connectivity index (χ2n) is 23.3. The number of phenolic OH excluding ortho intramolecular Hbond substituents is 3. The Kier molecular flexibility index (Phi) is 17.4. The number of benzene rings is 3. The normalized spacial score (nSPS) is 12.8. The molecular formula is C55H80O10. The van der Waals surface area contributed by atoms with Crippen molar-refractivity contribution in [2.45, 2.75) is 176 Å². The first-order valence-corrected chi connectivity index (χ1v) is 22.9. The highest BCUT2D eigenvalue weighted by Gasteiger charge is 2.36. The molecule has 0 saturated carbocycles. The van der Waals surface area contributed by atoms with E-state index >= 15 is 0 Å². The zero-order valence-electron chi connectivity index (χ0n) is 42.5. The lowest BCUT2D eigenvalue weighted by molar-refractivity contribution is -0.165. The molecule has 0 saturated heterocycles. The number of aliphatic hydroxyl groups is 1. The molecule has 0 aliphatic heterocycles. The number of ether oxygens (including phenoxy) is 3. The fourth-order valence-electron chi connectivity index (χ4n) is 7.62. The minimum absolute atomic E-state index is 0.00584. The monoisotopic (exact) mass is 901 g/mol.